The number of anilines is 1. The van der Waals surface area contributed by atoms with Crippen LogP contribution in [0.1, 0.15) is 62.8 Å². The van der Waals surface area contributed by atoms with Gasteiger partial charge in [0.05, 0.1) is 18.7 Å². The zero-order valence-corrected chi connectivity index (χ0v) is 18.0. The van der Waals surface area contributed by atoms with Gasteiger partial charge in [-0.05, 0) is 62.1 Å². The topological polar surface area (TPSA) is 50.3 Å². The normalized spacial score (nSPS) is 27.9. The lowest BCUT2D eigenvalue weighted by Crippen LogP contribution is -2.46. The molecule has 2 aromatic rings. The van der Waals surface area contributed by atoms with Crippen molar-refractivity contribution < 1.29 is 13.5 Å². The van der Waals surface area contributed by atoms with Gasteiger partial charge in [-0.1, -0.05) is 6.07 Å². The second kappa shape index (κ2) is 8.94. The molecule has 1 aromatic carbocycles. The van der Waals surface area contributed by atoms with Crippen molar-refractivity contribution >= 4 is 16.7 Å². The fourth-order valence-corrected chi connectivity index (χ4v) is 5.54. The van der Waals surface area contributed by atoms with Crippen molar-refractivity contribution in [3.8, 4) is 0 Å². The van der Waals surface area contributed by atoms with Gasteiger partial charge in [-0.3, -0.25) is 4.90 Å². The maximum atomic E-state index is 13.6. The maximum absolute atomic E-state index is 13.6. The van der Waals surface area contributed by atoms with Crippen LogP contribution in [0.15, 0.2) is 24.5 Å². The Morgan fingerprint density at radius 3 is 2.45 bits per heavy atom. The number of rotatable bonds is 4. The third-order valence-corrected chi connectivity index (χ3v) is 7.45. The number of fused-ring (bicyclic) bond motifs is 1. The first-order valence-electron chi connectivity index (χ1n) is 11.8. The van der Waals surface area contributed by atoms with Crippen LogP contribution in [0.2, 0.25) is 0 Å². The lowest BCUT2D eigenvalue weighted by molar-refractivity contribution is -0.0382. The molecular weight excluding hydrogens is 398 g/mol. The van der Waals surface area contributed by atoms with Gasteiger partial charge in [0, 0.05) is 43.4 Å². The monoisotopic (exact) mass is 430 g/mol. The van der Waals surface area contributed by atoms with E-state index in [1.54, 1.807) is 6.33 Å². The number of hydrogen-bond donors (Lipinski definition) is 1. The molecule has 3 aliphatic rings. The summed E-state index contributed by atoms with van der Waals surface area (Å²) < 4.78 is 32.6. The molecule has 2 heterocycles. The minimum Gasteiger partial charge on any atom is -0.379 e. The van der Waals surface area contributed by atoms with E-state index < -0.39 is 5.92 Å². The number of nitrogens with zero attached hydrogens (tertiary/aromatic N) is 3. The summed E-state index contributed by atoms with van der Waals surface area (Å²) in [5.41, 5.74) is 2.04. The van der Waals surface area contributed by atoms with Crippen LogP contribution in [0.5, 0.6) is 0 Å². The maximum Gasteiger partial charge on any atom is 0.248 e. The summed E-state index contributed by atoms with van der Waals surface area (Å²) in [6.07, 6.45) is 7.32. The first kappa shape index (κ1) is 21.0. The summed E-state index contributed by atoms with van der Waals surface area (Å²) in [4.78, 5) is 11.6. The van der Waals surface area contributed by atoms with E-state index in [0.717, 1.165) is 61.4 Å². The summed E-state index contributed by atoms with van der Waals surface area (Å²) in [6, 6.07) is 7.28. The van der Waals surface area contributed by atoms with Crippen molar-refractivity contribution in [1.82, 2.24) is 14.9 Å². The van der Waals surface area contributed by atoms with Crippen molar-refractivity contribution in [2.45, 2.75) is 75.3 Å². The minimum absolute atomic E-state index is 0.0154. The smallest absolute Gasteiger partial charge is 0.248 e. The number of benzene rings is 1. The van der Waals surface area contributed by atoms with Crippen LogP contribution in [-0.4, -0.2) is 59.2 Å². The van der Waals surface area contributed by atoms with Crippen LogP contribution in [0.4, 0.5) is 14.6 Å². The van der Waals surface area contributed by atoms with Gasteiger partial charge in [0.1, 0.15) is 12.1 Å². The predicted molar refractivity (Wildman–Crippen MR) is 118 cm³/mol. The number of morpholine rings is 1. The average molecular weight is 431 g/mol. The highest BCUT2D eigenvalue weighted by atomic mass is 19.3. The fraction of sp³-hybridized carbons (Fsp3) is 0.667. The van der Waals surface area contributed by atoms with Crippen LogP contribution in [0, 0.1) is 0 Å². The van der Waals surface area contributed by atoms with Crippen molar-refractivity contribution in [2.24, 2.45) is 0 Å². The predicted octanol–water partition coefficient (Wildman–Crippen LogP) is 4.98. The Morgan fingerprint density at radius 1 is 0.968 bits per heavy atom. The molecule has 168 valence electrons. The van der Waals surface area contributed by atoms with E-state index in [2.05, 4.69) is 32.3 Å². The second-order valence-corrected chi connectivity index (χ2v) is 9.43. The summed E-state index contributed by atoms with van der Waals surface area (Å²) >= 11 is 0. The lowest BCUT2D eigenvalue weighted by Gasteiger charge is -2.39. The summed E-state index contributed by atoms with van der Waals surface area (Å²) in [5.74, 6) is -1.42. The van der Waals surface area contributed by atoms with Gasteiger partial charge >= 0.3 is 0 Å². The fourth-order valence-electron chi connectivity index (χ4n) is 5.54. The van der Waals surface area contributed by atoms with Crippen molar-refractivity contribution in [1.29, 1.82) is 0 Å². The number of alkyl halides is 2. The highest BCUT2D eigenvalue weighted by Crippen LogP contribution is 2.41. The molecule has 1 N–H and O–H groups in total. The van der Waals surface area contributed by atoms with Gasteiger partial charge < -0.3 is 10.1 Å². The second-order valence-electron chi connectivity index (χ2n) is 9.43. The van der Waals surface area contributed by atoms with Crippen LogP contribution in [0.25, 0.3) is 10.9 Å². The number of halogens is 2. The first-order chi connectivity index (χ1) is 15.1. The Hall–Kier alpha value is -1.86. The molecule has 0 bridgehead atoms. The third-order valence-electron chi connectivity index (χ3n) is 7.45. The summed E-state index contributed by atoms with van der Waals surface area (Å²) in [6.45, 7) is 3.81. The van der Waals surface area contributed by atoms with E-state index in [-0.39, 0.29) is 18.8 Å². The van der Waals surface area contributed by atoms with Gasteiger partial charge in [-0.15, -0.1) is 0 Å². The Kier molecular flexibility index (Phi) is 6.06. The zero-order valence-electron chi connectivity index (χ0n) is 18.0. The number of nitrogens with one attached hydrogen (secondary N) is 1. The Bertz CT molecular complexity index is 884. The van der Waals surface area contributed by atoms with Crippen molar-refractivity contribution in [3.05, 3.63) is 30.1 Å². The molecule has 0 unspecified atom stereocenters. The largest absolute Gasteiger partial charge is 0.379 e. The molecular formula is C24H32F2N4O. The SMILES string of the molecule is FC1(F)CCC(c2ccc3ncnc(NC4CCC(N5CCOCC5)CC4)c3c2)CC1. The highest BCUT2D eigenvalue weighted by molar-refractivity contribution is 5.89. The number of hydrogen-bond acceptors (Lipinski definition) is 5. The lowest BCUT2D eigenvalue weighted by atomic mass is 9.82. The Balaban J connectivity index is 1.26. The molecule has 1 aromatic heterocycles. The number of ether oxygens (including phenoxy) is 1. The van der Waals surface area contributed by atoms with E-state index in [1.165, 1.54) is 12.8 Å². The number of aromatic nitrogens is 2. The quantitative estimate of drug-likeness (QED) is 0.742. The summed E-state index contributed by atoms with van der Waals surface area (Å²) in [5, 5.41) is 4.68. The standard InChI is InChI=1S/C24H32F2N4O/c25-24(26)9-7-17(8-10-24)18-1-6-22-21(15-18)23(28-16-27-22)29-19-2-4-20(5-3-19)30-11-13-31-14-12-30/h1,6,15-17,19-20H,2-5,7-14H2,(H,27,28,29). The van der Waals surface area contributed by atoms with Gasteiger partial charge in [-0.25, -0.2) is 18.7 Å². The van der Waals surface area contributed by atoms with Crippen molar-refractivity contribution in [3.63, 3.8) is 0 Å². The Morgan fingerprint density at radius 2 is 1.71 bits per heavy atom. The molecule has 0 atom stereocenters. The molecule has 5 rings (SSSR count). The van der Waals surface area contributed by atoms with E-state index in [0.29, 0.717) is 24.9 Å². The zero-order chi connectivity index (χ0) is 21.3. The van der Waals surface area contributed by atoms with Gasteiger partial charge in [0.25, 0.3) is 0 Å². The van der Waals surface area contributed by atoms with Crippen LogP contribution in [-0.2, 0) is 4.74 Å². The molecule has 2 aliphatic carbocycles. The molecule has 7 heteroatoms. The molecule has 3 fully saturated rings. The van der Waals surface area contributed by atoms with Gasteiger partial charge in [0.2, 0.25) is 5.92 Å². The first-order valence-corrected chi connectivity index (χ1v) is 11.8. The van der Waals surface area contributed by atoms with Crippen LogP contribution in [0.3, 0.4) is 0 Å². The van der Waals surface area contributed by atoms with Gasteiger partial charge in [-0.2, -0.15) is 0 Å². The molecule has 0 radical (unpaired) electrons. The van der Waals surface area contributed by atoms with Gasteiger partial charge in [0.15, 0.2) is 0 Å². The molecule has 1 aliphatic heterocycles. The molecule has 2 saturated carbocycles. The highest BCUT2D eigenvalue weighted by Gasteiger charge is 2.35. The van der Waals surface area contributed by atoms with Crippen molar-refractivity contribution in [2.75, 3.05) is 31.6 Å². The summed E-state index contributed by atoms with van der Waals surface area (Å²) in [7, 11) is 0. The van der Waals surface area contributed by atoms with E-state index >= 15 is 0 Å². The Labute approximate surface area is 182 Å². The van der Waals surface area contributed by atoms with Crippen LogP contribution < -0.4 is 5.32 Å². The molecule has 31 heavy (non-hydrogen) atoms. The molecule has 0 spiro atoms. The van der Waals surface area contributed by atoms with Crippen LogP contribution >= 0.6 is 0 Å². The van der Waals surface area contributed by atoms with E-state index in [4.69, 9.17) is 4.74 Å². The average Bonchev–Trinajstić information content (AvgIpc) is 2.80. The molecule has 0 amide bonds. The van der Waals surface area contributed by atoms with E-state index in [1.807, 2.05) is 6.07 Å². The minimum atomic E-state index is -2.50. The third kappa shape index (κ3) is 4.82. The molecule has 1 saturated heterocycles. The molecule has 5 nitrogen and oxygen atoms in total. The van der Waals surface area contributed by atoms with E-state index in [9.17, 15) is 8.78 Å².